The highest BCUT2D eigenvalue weighted by molar-refractivity contribution is 9.10. The van der Waals surface area contributed by atoms with Crippen LogP contribution < -0.4 is 5.32 Å². The van der Waals surface area contributed by atoms with Crippen molar-refractivity contribution in [3.8, 4) is 0 Å². The van der Waals surface area contributed by atoms with Crippen molar-refractivity contribution in [2.75, 3.05) is 20.3 Å². The summed E-state index contributed by atoms with van der Waals surface area (Å²) in [5, 5.41) is 8.15. The normalized spacial score (nSPS) is 12.9. The Morgan fingerprint density at radius 2 is 2.16 bits per heavy atom. The highest BCUT2D eigenvalue weighted by Gasteiger charge is 2.17. The number of ether oxygens (including phenoxy) is 1. The standard InChI is InChI=1S/C14H26BrN3O/c1-5-8-16-12(7-9-19-4)10-13-14(15)11(3)17-18(13)6-2/h12,16H,5-10H2,1-4H3. The molecular weight excluding hydrogens is 306 g/mol. The van der Waals surface area contributed by atoms with Gasteiger partial charge in [0.25, 0.3) is 0 Å². The number of hydrogen-bond donors (Lipinski definition) is 1. The fourth-order valence-electron chi connectivity index (χ4n) is 2.18. The Morgan fingerprint density at radius 3 is 2.74 bits per heavy atom. The number of nitrogens with zero attached hydrogens (tertiary/aromatic N) is 2. The SMILES string of the molecule is CCCNC(CCOC)Cc1c(Br)c(C)nn1CC. The molecule has 0 fully saturated rings. The summed E-state index contributed by atoms with van der Waals surface area (Å²) in [7, 11) is 1.76. The van der Waals surface area contributed by atoms with Gasteiger partial charge in [-0.05, 0) is 49.2 Å². The number of aryl methyl sites for hydroxylation is 2. The lowest BCUT2D eigenvalue weighted by Crippen LogP contribution is -2.33. The van der Waals surface area contributed by atoms with Gasteiger partial charge in [0, 0.05) is 32.7 Å². The number of nitrogens with one attached hydrogen (secondary N) is 1. The molecule has 19 heavy (non-hydrogen) atoms. The van der Waals surface area contributed by atoms with Gasteiger partial charge in [-0.3, -0.25) is 4.68 Å². The highest BCUT2D eigenvalue weighted by atomic mass is 79.9. The first-order valence-corrected chi connectivity index (χ1v) is 7.87. The summed E-state index contributed by atoms with van der Waals surface area (Å²) >= 11 is 3.66. The largest absolute Gasteiger partial charge is 0.385 e. The molecule has 110 valence electrons. The fraction of sp³-hybridized carbons (Fsp3) is 0.786. The number of aromatic nitrogens is 2. The third kappa shape index (κ3) is 4.89. The quantitative estimate of drug-likeness (QED) is 0.756. The zero-order valence-electron chi connectivity index (χ0n) is 12.5. The maximum absolute atomic E-state index is 5.21. The first-order chi connectivity index (χ1) is 9.13. The van der Waals surface area contributed by atoms with Crippen molar-refractivity contribution < 1.29 is 4.74 Å². The monoisotopic (exact) mass is 331 g/mol. The summed E-state index contributed by atoms with van der Waals surface area (Å²) < 4.78 is 8.45. The van der Waals surface area contributed by atoms with Crippen molar-refractivity contribution in [1.29, 1.82) is 0 Å². The number of methoxy groups -OCH3 is 1. The van der Waals surface area contributed by atoms with Gasteiger partial charge in [0.05, 0.1) is 15.9 Å². The Kier molecular flexibility index (Phi) is 7.64. The fourth-order valence-corrected chi connectivity index (χ4v) is 2.63. The van der Waals surface area contributed by atoms with E-state index in [4.69, 9.17) is 4.74 Å². The molecule has 0 aliphatic rings. The van der Waals surface area contributed by atoms with Crippen molar-refractivity contribution in [3.05, 3.63) is 15.9 Å². The third-order valence-corrected chi connectivity index (χ3v) is 4.28. The predicted octanol–water partition coefficient (Wildman–Crippen LogP) is 2.92. The van der Waals surface area contributed by atoms with Gasteiger partial charge in [0.1, 0.15) is 0 Å². The van der Waals surface area contributed by atoms with E-state index in [0.717, 1.165) is 49.1 Å². The number of halogens is 1. The predicted molar refractivity (Wildman–Crippen MR) is 82.6 cm³/mol. The van der Waals surface area contributed by atoms with Crippen molar-refractivity contribution in [2.24, 2.45) is 0 Å². The molecule has 1 atom stereocenters. The summed E-state index contributed by atoms with van der Waals surface area (Å²) in [5.41, 5.74) is 2.35. The van der Waals surface area contributed by atoms with Gasteiger partial charge in [-0.25, -0.2) is 0 Å². The van der Waals surface area contributed by atoms with Crippen LogP contribution in [0.3, 0.4) is 0 Å². The summed E-state index contributed by atoms with van der Waals surface area (Å²) in [4.78, 5) is 0. The molecule has 0 spiro atoms. The van der Waals surface area contributed by atoms with Gasteiger partial charge in [0.15, 0.2) is 0 Å². The molecule has 4 nitrogen and oxygen atoms in total. The van der Waals surface area contributed by atoms with Gasteiger partial charge in [0.2, 0.25) is 0 Å². The Balaban J connectivity index is 2.76. The maximum atomic E-state index is 5.21. The molecule has 1 aromatic rings. The van der Waals surface area contributed by atoms with E-state index in [1.165, 1.54) is 5.69 Å². The van der Waals surface area contributed by atoms with Crippen molar-refractivity contribution >= 4 is 15.9 Å². The molecule has 1 rings (SSSR count). The minimum atomic E-state index is 0.442. The minimum absolute atomic E-state index is 0.442. The van der Waals surface area contributed by atoms with Crippen LogP contribution in [0.4, 0.5) is 0 Å². The molecule has 5 heteroatoms. The molecule has 0 radical (unpaired) electrons. The molecule has 1 N–H and O–H groups in total. The van der Waals surface area contributed by atoms with Crippen molar-refractivity contribution in [1.82, 2.24) is 15.1 Å². The highest BCUT2D eigenvalue weighted by Crippen LogP contribution is 2.22. The van der Waals surface area contributed by atoms with Crippen LogP contribution in [0.1, 0.15) is 38.1 Å². The molecule has 0 saturated carbocycles. The van der Waals surface area contributed by atoms with E-state index < -0.39 is 0 Å². The van der Waals surface area contributed by atoms with Crippen LogP contribution in [0.2, 0.25) is 0 Å². The molecule has 1 unspecified atom stereocenters. The van der Waals surface area contributed by atoms with E-state index >= 15 is 0 Å². The Labute approximate surface area is 125 Å². The van der Waals surface area contributed by atoms with Gasteiger partial charge in [-0.2, -0.15) is 5.10 Å². The minimum Gasteiger partial charge on any atom is -0.385 e. The van der Waals surface area contributed by atoms with Gasteiger partial charge in [-0.15, -0.1) is 0 Å². The Bertz CT molecular complexity index is 371. The summed E-state index contributed by atoms with van der Waals surface area (Å²) in [6.45, 7) is 9.11. The lowest BCUT2D eigenvalue weighted by Gasteiger charge is -2.19. The summed E-state index contributed by atoms with van der Waals surface area (Å²) in [5.74, 6) is 0. The van der Waals surface area contributed by atoms with Crippen LogP contribution >= 0.6 is 15.9 Å². The van der Waals surface area contributed by atoms with E-state index in [1.54, 1.807) is 7.11 Å². The summed E-state index contributed by atoms with van der Waals surface area (Å²) in [6.07, 6.45) is 3.16. The first-order valence-electron chi connectivity index (χ1n) is 7.08. The van der Waals surface area contributed by atoms with Crippen LogP contribution in [0.5, 0.6) is 0 Å². The van der Waals surface area contributed by atoms with E-state index in [1.807, 2.05) is 6.92 Å². The summed E-state index contributed by atoms with van der Waals surface area (Å²) in [6, 6.07) is 0.442. The van der Waals surface area contributed by atoms with Gasteiger partial charge < -0.3 is 10.1 Å². The van der Waals surface area contributed by atoms with E-state index in [2.05, 4.69) is 44.9 Å². The molecule has 1 aromatic heterocycles. The molecule has 0 aliphatic carbocycles. The molecule has 0 aromatic carbocycles. The first kappa shape index (κ1) is 16.7. The Hall–Kier alpha value is -0.390. The lowest BCUT2D eigenvalue weighted by molar-refractivity contribution is 0.182. The number of hydrogen-bond acceptors (Lipinski definition) is 3. The zero-order chi connectivity index (χ0) is 14.3. The van der Waals surface area contributed by atoms with Gasteiger partial charge >= 0.3 is 0 Å². The van der Waals surface area contributed by atoms with E-state index in [-0.39, 0.29) is 0 Å². The second-order valence-corrected chi connectivity index (χ2v) is 5.59. The lowest BCUT2D eigenvalue weighted by atomic mass is 10.1. The zero-order valence-corrected chi connectivity index (χ0v) is 14.1. The maximum Gasteiger partial charge on any atom is 0.0738 e. The smallest absolute Gasteiger partial charge is 0.0738 e. The van der Waals surface area contributed by atoms with Crippen LogP contribution in [0, 0.1) is 6.92 Å². The second-order valence-electron chi connectivity index (χ2n) is 4.80. The Morgan fingerprint density at radius 1 is 1.42 bits per heavy atom. The molecule has 0 bridgehead atoms. The van der Waals surface area contributed by atoms with Crippen molar-refractivity contribution in [2.45, 2.75) is 52.6 Å². The third-order valence-electron chi connectivity index (χ3n) is 3.25. The van der Waals surface area contributed by atoms with Crippen LogP contribution in [0.25, 0.3) is 0 Å². The number of rotatable bonds is 9. The molecule has 0 aliphatic heterocycles. The van der Waals surface area contributed by atoms with E-state index in [9.17, 15) is 0 Å². The van der Waals surface area contributed by atoms with Crippen molar-refractivity contribution in [3.63, 3.8) is 0 Å². The molecule has 0 amide bonds. The average molecular weight is 332 g/mol. The van der Waals surface area contributed by atoms with Crippen LogP contribution in [-0.2, 0) is 17.7 Å². The molecule has 0 saturated heterocycles. The molecular formula is C14H26BrN3O. The second kappa shape index (κ2) is 8.72. The van der Waals surface area contributed by atoms with Crippen LogP contribution in [0.15, 0.2) is 4.47 Å². The van der Waals surface area contributed by atoms with Crippen LogP contribution in [-0.4, -0.2) is 36.1 Å². The molecule has 1 heterocycles. The van der Waals surface area contributed by atoms with Gasteiger partial charge in [-0.1, -0.05) is 6.92 Å². The topological polar surface area (TPSA) is 39.1 Å². The van der Waals surface area contributed by atoms with E-state index in [0.29, 0.717) is 6.04 Å². The average Bonchev–Trinajstić information content (AvgIpc) is 2.69.